The van der Waals surface area contributed by atoms with Crippen LogP contribution >= 0.6 is 0 Å². The summed E-state index contributed by atoms with van der Waals surface area (Å²) in [5.74, 6) is -1.92. The lowest BCUT2D eigenvalue weighted by Crippen LogP contribution is -2.48. The van der Waals surface area contributed by atoms with Crippen molar-refractivity contribution in [3.05, 3.63) is 29.8 Å². The molecule has 2 rings (SSSR count). The van der Waals surface area contributed by atoms with E-state index in [1.807, 2.05) is 0 Å². The molecule has 1 aromatic rings. The second-order valence-corrected chi connectivity index (χ2v) is 7.25. The van der Waals surface area contributed by atoms with Gasteiger partial charge < -0.3 is 19.3 Å². The molecule has 1 aromatic carbocycles. The first-order valence-electron chi connectivity index (χ1n) is 8.04. The maximum atomic E-state index is 12.7. The summed E-state index contributed by atoms with van der Waals surface area (Å²) in [6.45, 7) is 1.36. The lowest BCUT2D eigenvalue weighted by molar-refractivity contribution is -0.187. The summed E-state index contributed by atoms with van der Waals surface area (Å²) in [5.41, 5.74) is -0.789. The highest BCUT2D eigenvalue weighted by molar-refractivity contribution is 7.80. The van der Waals surface area contributed by atoms with Crippen LogP contribution in [0.3, 0.4) is 0 Å². The number of benzene rings is 1. The van der Waals surface area contributed by atoms with Crippen LogP contribution in [0.4, 0.5) is 18.9 Å². The summed E-state index contributed by atoms with van der Waals surface area (Å²) >= 11 is -2.46. The zero-order valence-corrected chi connectivity index (χ0v) is 14.9. The average Bonchev–Trinajstić information content (AvgIpc) is 2.54. The van der Waals surface area contributed by atoms with Crippen molar-refractivity contribution in [1.82, 2.24) is 4.90 Å². The van der Waals surface area contributed by atoms with Gasteiger partial charge in [0.05, 0.1) is 11.5 Å². The van der Waals surface area contributed by atoms with E-state index in [-0.39, 0.29) is 38.3 Å². The van der Waals surface area contributed by atoms with Crippen LogP contribution < -0.4 is 4.72 Å². The number of alkyl halides is 3. The van der Waals surface area contributed by atoms with Crippen molar-refractivity contribution in [2.24, 2.45) is 5.92 Å². The molecule has 146 valence electrons. The van der Waals surface area contributed by atoms with Crippen molar-refractivity contribution in [2.75, 3.05) is 17.8 Å². The molecule has 1 amide bonds. The number of aliphatic hydroxyl groups is 1. The third-order valence-corrected chi connectivity index (χ3v) is 4.96. The zero-order valence-electron chi connectivity index (χ0n) is 14.1. The summed E-state index contributed by atoms with van der Waals surface area (Å²) in [7, 11) is 0. The van der Waals surface area contributed by atoms with E-state index in [0.717, 1.165) is 6.92 Å². The molecule has 26 heavy (non-hydrogen) atoms. The molecule has 0 aliphatic carbocycles. The standard InChI is InChI=1S/C16H21F3N2O4S/c1-11(16(17,18)19)10-15(23)6-8-21(9-7-15)14(22)12-2-4-13(5-3-12)20-26(24)25/h2-5,11,20,23H,6-10H2,1H3,(H,24,25)/p-1. The number of halogens is 3. The molecule has 0 bridgehead atoms. The van der Waals surface area contributed by atoms with Gasteiger partial charge >= 0.3 is 6.18 Å². The predicted molar refractivity (Wildman–Crippen MR) is 88.9 cm³/mol. The van der Waals surface area contributed by atoms with Gasteiger partial charge in [0.1, 0.15) is 0 Å². The van der Waals surface area contributed by atoms with E-state index in [0.29, 0.717) is 11.3 Å². The molecule has 1 fully saturated rings. The number of likely N-dealkylation sites (tertiary alicyclic amines) is 1. The smallest absolute Gasteiger partial charge is 0.391 e. The van der Waals surface area contributed by atoms with E-state index in [1.165, 1.54) is 29.2 Å². The summed E-state index contributed by atoms with van der Waals surface area (Å²) in [6.07, 6.45) is -4.58. The quantitative estimate of drug-likeness (QED) is 0.752. The molecular formula is C16H20F3N2O4S-. The van der Waals surface area contributed by atoms with Crippen molar-refractivity contribution < 1.29 is 31.8 Å². The van der Waals surface area contributed by atoms with E-state index in [9.17, 15) is 31.8 Å². The Morgan fingerprint density at radius 3 is 2.35 bits per heavy atom. The number of carbonyl (C=O) groups is 1. The highest BCUT2D eigenvalue weighted by Crippen LogP contribution is 2.36. The van der Waals surface area contributed by atoms with Gasteiger partial charge in [0.15, 0.2) is 0 Å². The van der Waals surface area contributed by atoms with Gasteiger partial charge in [-0.2, -0.15) is 13.2 Å². The minimum Gasteiger partial charge on any atom is -0.755 e. The van der Waals surface area contributed by atoms with Crippen molar-refractivity contribution in [3.8, 4) is 0 Å². The number of amides is 1. The van der Waals surface area contributed by atoms with Gasteiger partial charge in [0.2, 0.25) is 0 Å². The Bertz CT molecular complexity index is 658. The predicted octanol–water partition coefficient (Wildman–Crippen LogP) is 2.45. The van der Waals surface area contributed by atoms with Gasteiger partial charge in [0.25, 0.3) is 5.91 Å². The first kappa shape index (κ1) is 20.7. The summed E-state index contributed by atoms with van der Waals surface area (Å²) < 4.78 is 61.3. The lowest BCUT2D eigenvalue weighted by Gasteiger charge is -2.39. The van der Waals surface area contributed by atoms with Crippen LogP contribution in [0, 0.1) is 5.92 Å². The Morgan fingerprint density at radius 1 is 1.35 bits per heavy atom. The van der Waals surface area contributed by atoms with Gasteiger partial charge in [-0.15, -0.1) is 0 Å². The van der Waals surface area contributed by atoms with Gasteiger partial charge in [-0.05, 0) is 43.5 Å². The van der Waals surface area contributed by atoms with E-state index in [1.54, 1.807) is 0 Å². The van der Waals surface area contributed by atoms with Crippen molar-refractivity contribution >= 4 is 22.9 Å². The molecule has 2 atom stereocenters. The molecule has 1 aliphatic heterocycles. The zero-order chi connectivity index (χ0) is 19.5. The molecule has 2 unspecified atom stereocenters. The number of piperidine rings is 1. The Hall–Kier alpha value is -1.65. The second kappa shape index (κ2) is 7.93. The molecule has 2 N–H and O–H groups in total. The van der Waals surface area contributed by atoms with E-state index < -0.39 is 29.0 Å². The molecule has 1 saturated heterocycles. The number of carbonyl (C=O) groups excluding carboxylic acids is 1. The second-order valence-electron chi connectivity index (χ2n) is 6.58. The lowest BCUT2D eigenvalue weighted by atomic mass is 9.83. The Morgan fingerprint density at radius 2 is 1.88 bits per heavy atom. The minimum absolute atomic E-state index is 0.0773. The molecule has 6 nitrogen and oxygen atoms in total. The highest BCUT2D eigenvalue weighted by atomic mass is 32.2. The number of hydrogen-bond donors (Lipinski definition) is 2. The number of rotatable bonds is 5. The van der Waals surface area contributed by atoms with E-state index in [4.69, 9.17) is 0 Å². The van der Waals surface area contributed by atoms with Gasteiger partial charge in [0, 0.05) is 35.6 Å². The summed E-state index contributed by atoms with van der Waals surface area (Å²) in [4.78, 5) is 13.9. The molecule has 0 saturated carbocycles. The number of hydrogen-bond acceptors (Lipinski definition) is 4. The van der Waals surface area contributed by atoms with Crippen LogP contribution in [0.15, 0.2) is 24.3 Å². The van der Waals surface area contributed by atoms with Crippen LogP contribution in [0.1, 0.15) is 36.5 Å². The van der Waals surface area contributed by atoms with Crippen LogP contribution in [0.5, 0.6) is 0 Å². The minimum atomic E-state index is -4.35. The Labute approximate surface area is 151 Å². The van der Waals surface area contributed by atoms with E-state index >= 15 is 0 Å². The molecule has 1 heterocycles. The average molecular weight is 393 g/mol. The number of nitrogens with one attached hydrogen (secondary N) is 1. The highest BCUT2D eigenvalue weighted by Gasteiger charge is 2.43. The monoisotopic (exact) mass is 393 g/mol. The topological polar surface area (TPSA) is 92.7 Å². The van der Waals surface area contributed by atoms with Crippen LogP contribution in [-0.4, -0.2) is 49.5 Å². The third-order valence-electron chi connectivity index (χ3n) is 4.56. The largest absolute Gasteiger partial charge is 0.755 e. The van der Waals surface area contributed by atoms with Crippen LogP contribution in [0.2, 0.25) is 0 Å². The van der Waals surface area contributed by atoms with Crippen molar-refractivity contribution in [2.45, 2.75) is 38.0 Å². The van der Waals surface area contributed by atoms with Crippen molar-refractivity contribution in [1.29, 1.82) is 0 Å². The molecule has 1 aliphatic rings. The normalized spacial score (nSPS) is 19.7. The van der Waals surface area contributed by atoms with Gasteiger partial charge in [-0.25, -0.2) is 0 Å². The summed E-state index contributed by atoms with van der Waals surface area (Å²) in [6, 6.07) is 5.80. The molecule has 10 heteroatoms. The van der Waals surface area contributed by atoms with Gasteiger partial charge in [-0.1, -0.05) is 6.92 Å². The van der Waals surface area contributed by atoms with Crippen LogP contribution in [-0.2, 0) is 11.3 Å². The Kier molecular flexibility index (Phi) is 6.30. The van der Waals surface area contributed by atoms with E-state index in [2.05, 4.69) is 4.72 Å². The SMILES string of the molecule is CC(CC1(O)CCN(C(=O)c2ccc(NS(=O)[O-])cc2)CC1)C(F)(F)F. The maximum Gasteiger partial charge on any atom is 0.391 e. The fourth-order valence-corrected chi connectivity index (χ4v) is 3.30. The maximum absolute atomic E-state index is 12.7. The third kappa shape index (κ3) is 5.42. The summed E-state index contributed by atoms with van der Waals surface area (Å²) in [5, 5.41) is 10.4. The molecular weight excluding hydrogens is 373 g/mol. The first-order valence-corrected chi connectivity index (χ1v) is 9.12. The van der Waals surface area contributed by atoms with Gasteiger partial charge in [-0.3, -0.25) is 9.00 Å². The molecule has 0 radical (unpaired) electrons. The van der Waals surface area contributed by atoms with Crippen LogP contribution in [0.25, 0.3) is 0 Å². The molecule has 0 aromatic heterocycles. The number of nitrogens with zero attached hydrogens (tertiary/aromatic N) is 1. The first-order chi connectivity index (χ1) is 12.0. The Balaban J connectivity index is 1.94. The molecule has 0 spiro atoms. The number of anilines is 1. The fraction of sp³-hybridized carbons (Fsp3) is 0.562. The fourth-order valence-electron chi connectivity index (χ4n) is 2.98. The van der Waals surface area contributed by atoms with Crippen molar-refractivity contribution in [3.63, 3.8) is 0 Å².